The average Bonchev–Trinajstić information content (AvgIpc) is 2.62. The predicted octanol–water partition coefficient (Wildman–Crippen LogP) is 2.98. The van der Waals surface area contributed by atoms with Crippen molar-refractivity contribution in [2.75, 3.05) is 31.2 Å². The SMILES string of the molecule is Cc1ccc2c(-c3ncc(F)c(N4CCOCC4)n3)cccc2n1. The van der Waals surface area contributed by atoms with Gasteiger partial charge >= 0.3 is 0 Å². The fourth-order valence-corrected chi connectivity index (χ4v) is 2.94. The molecule has 1 fully saturated rings. The lowest BCUT2D eigenvalue weighted by Crippen LogP contribution is -2.37. The molecule has 0 bridgehead atoms. The molecule has 0 N–H and O–H groups in total. The van der Waals surface area contributed by atoms with E-state index in [0.717, 1.165) is 22.2 Å². The van der Waals surface area contributed by atoms with Crippen molar-refractivity contribution in [3.63, 3.8) is 0 Å². The van der Waals surface area contributed by atoms with E-state index in [9.17, 15) is 4.39 Å². The summed E-state index contributed by atoms with van der Waals surface area (Å²) < 4.78 is 19.5. The highest BCUT2D eigenvalue weighted by Crippen LogP contribution is 2.27. The highest BCUT2D eigenvalue weighted by atomic mass is 19.1. The van der Waals surface area contributed by atoms with Crippen molar-refractivity contribution < 1.29 is 9.13 Å². The van der Waals surface area contributed by atoms with Crippen LogP contribution in [0.3, 0.4) is 0 Å². The van der Waals surface area contributed by atoms with E-state index in [1.165, 1.54) is 6.20 Å². The number of morpholine rings is 1. The first-order valence-corrected chi connectivity index (χ1v) is 7.94. The molecule has 5 nitrogen and oxygen atoms in total. The molecule has 1 aliphatic rings. The van der Waals surface area contributed by atoms with Crippen LogP contribution in [0.2, 0.25) is 0 Å². The summed E-state index contributed by atoms with van der Waals surface area (Å²) in [5.74, 6) is 0.435. The van der Waals surface area contributed by atoms with Crippen molar-refractivity contribution in [3.8, 4) is 11.4 Å². The maximum atomic E-state index is 14.2. The average molecular weight is 324 g/mol. The predicted molar refractivity (Wildman–Crippen MR) is 90.5 cm³/mol. The summed E-state index contributed by atoms with van der Waals surface area (Å²) in [6, 6.07) is 9.78. The maximum Gasteiger partial charge on any atom is 0.183 e. The van der Waals surface area contributed by atoms with E-state index in [2.05, 4.69) is 15.0 Å². The monoisotopic (exact) mass is 324 g/mol. The Morgan fingerprint density at radius 2 is 1.92 bits per heavy atom. The lowest BCUT2D eigenvalue weighted by atomic mass is 10.1. The Labute approximate surface area is 139 Å². The largest absolute Gasteiger partial charge is 0.378 e. The number of pyridine rings is 1. The Bertz CT molecular complexity index is 893. The molecule has 6 heteroatoms. The zero-order chi connectivity index (χ0) is 16.5. The highest BCUT2D eigenvalue weighted by Gasteiger charge is 2.19. The summed E-state index contributed by atoms with van der Waals surface area (Å²) in [5.41, 5.74) is 2.69. The molecular weight excluding hydrogens is 307 g/mol. The Kier molecular flexibility index (Phi) is 3.82. The first-order valence-electron chi connectivity index (χ1n) is 7.94. The normalized spacial score (nSPS) is 15.0. The van der Waals surface area contributed by atoms with Gasteiger partial charge in [0.05, 0.1) is 24.9 Å². The van der Waals surface area contributed by atoms with E-state index in [1.807, 2.05) is 42.2 Å². The molecule has 0 saturated carbocycles. The minimum absolute atomic E-state index is 0.334. The van der Waals surface area contributed by atoms with Crippen LogP contribution < -0.4 is 4.90 Å². The molecule has 1 saturated heterocycles. The van der Waals surface area contributed by atoms with Crippen LogP contribution in [0.4, 0.5) is 10.2 Å². The zero-order valence-electron chi connectivity index (χ0n) is 13.4. The van der Waals surface area contributed by atoms with Gasteiger partial charge in [-0.15, -0.1) is 0 Å². The molecule has 24 heavy (non-hydrogen) atoms. The van der Waals surface area contributed by atoms with E-state index >= 15 is 0 Å². The van der Waals surface area contributed by atoms with Crippen LogP contribution in [-0.4, -0.2) is 41.3 Å². The van der Waals surface area contributed by atoms with Gasteiger partial charge in [-0.2, -0.15) is 0 Å². The molecular formula is C18H17FN4O. The molecule has 0 amide bonds. The molecule has 0 atom stereocenters. The molecule has 2 aromatic heterocycles. The van der Waals surface area contributed by atoms with Crippen LogP contribution in [0, 0.1) is 12.7 Å². The van der Waals surface area contributed by atoms with Gasteiger partial charge in [0.1, 0.15) is 0 Å². The van der Waals surface area contributed by atoms with Crippen molar-refractivity contribution in [2.24, 2.45) is 0 Å². The molecule has 0 unspecified atom stereocenters. The number of aryl methyl sites for hydroxylation is 1. The van der Waals surface area contributed by atoms with E-state index < -0.39 is 5.82 Å². The molecule has 0 spiro atoms. The molecule has 1 aliphatic heterocycles. The van der Waals surface area contributed by atoms with Gasteiger partial charge in [0.15, 0.2) is 17.5 Å². The van der Waals surface area contributed by atoms with Crippen molar-refractivity contribution in [1.29, 1.82) is 0 Å². The van der Waals surface area contributed by atoms with E-state index in [0.29, 0.717) is 37.9 Å². The number of fused-ring (bicyclic) bond motifs is 1. The second-order valence-corrected chi connectivity index (χ2v) is 5.79. The molecule has 0 aliphatic carbocycles. The number of hydrogen-bond acceptors (Lipinski definition) is 5. The number of aromatic nitrogens is 3. The fourth-order valence-electron chi connectivity index (χ4n) is 2.94. The summed E-state index contributed by atoms with van der Waals surface area (Å²) in [4.78, 5) is 15.1. The van der Waals surface area contributed by atoms with Gasteiger partial charge < -0.3 is 9.64 Å². The van der Waals surface area contributed by atoms with Crippen LogP contribution in [0.15, 0.2) is 36.5 Å². The summed E-state index contributed by atoms with van der Waals surface area (Å²) in [6.07, 6.45) is 1.24. The Balaban J connectivity index is 1.82. The topological polar surface area (TPSA) is 51.1 Å². The summed E-state index contributed by atoms with van der Waals surface area (Å²) in [7, 11) is 0. The third-order valence-electron chi connectivity index (χ3n) is 4.15. The number of nitrogens with zero attached hydrogens (tertiary/aromatic N) is 4. The second kappa shape index (κ2) is 6.13. The van der Waals surface area contributed by atoms with Gasteiger partial charge in [-0.1, -0.05) is 18.2 Å². The first-order chi connectivity index (χ1) is 11.7. The van der Waals surface area contributed by atoms with Gasteiger partial charge in [0.25, 0.3) is 0 Å². The smallest absolute Gasteiger partial charge is 0.183 e. The van der Waals surface area contributed by atoms with E-state index in [4.69, 9.17) is 4.74 Å². The lowest BCUT2D eigenvalue weighted by Gasteiger charge is -2.28. The van der Waals surface area contributed by atoms with Gasteiger partial charge in [0, 0.05) is 29.7 Å². The Hall–Kier alpha value is -2.60. The molecule has 3 aromatic rings. The van der Waals surface area contributed by atoms with Gasteiger partial charge in [-0.05, 0) is 19.1 Å². The maximum absolute atomic E-state index is 14.2. The molecule has 3 heterocycles. The highest BCUT2D eigenvalue weighted by molar-refractivity contribution is 5.92. The molecule has 0 radical (unpaired) electrons. The van der Waals surface area contributed by atoms with Crippen molar-refractivity contribution in [1.82, 2.24) is 15.0 Å². The molecule has 122 valence electrons. The van der Waals surface area contributed by atoms with Crippen LogP contribution in [-0.2, 0) is 4.74 Å². The Morgan fingerprint density at radius 1 is 1.08 bits per heavy atom. The van der Waals surface area contributed by atoms with Crippen molar-refractivity contribution in [3.05, 3.63) is 48.0 Å². The minimum Gasteiger partial charge on any atom is -0.378 e. The number of hydrogen-bond donors (Lipinski definition) is 0. The summed E-state index contributed by atoms with van der Waals surface area (Å²) in [6.45, 7) is 4.37. The van der Waals surface area contributed by atoms with Gasteiger partial charge in [-0.25, -0.2) is 14.4 Å². The van der Waals surface area contributed by atoms with Crippen LogP contribution >= 0.6 is 0 Å². The van der Waals surface area contributed by atoms with Crippen LogP contribution in [0.25, 0.3) is 22.3 Å². The fraction of sp³-hybridized carbons (Fsp3) is 0.278. The molecule has 4 rings (SSSR count). The quantitative estimate of drug-likeness (QED) is 0.725. The van der Waals surface area contributed by atoms with Crippen molar-refractivity contribution in [2.45, 2.75) is 6.92 Å². The van der Waals surface area contributed by atoms with Crippen LogP contribution in [0.1, 0.15) is 5.69 Å². The van der Waals surface area contributed by atoms with Gasteiger partial charge in [0.2, 0.25) is 0 Å². The number of ether oxygens (including phenoxy) is 1. The minimum atomic E-state index is -0.408. The zero-order valence-corrected chi connectivity index (χ0v) is 13.4. The number of halogens is 1. The second-order valence-electron chi connectivity index (χ2n) is 5.79. The lowest BCUT2D eigenvalue weighted by molar-refractivity contribution is 0.122. The Morgan fingerprint density at radius 3 is 2.75 bits per heavy atom. The van der Waals surface area contributed by atoms with Crippen LogP contribution in [0.5, 0.6) is 0 Å². The molecule has 1 aromatic carbocycles. The van der Waals surface area contributed by atoms with Crippen molar-refractivity contribution >= 4 is 16.7 Å². The standard InChI is InChI=1S/C18H17FN4O/c1-12-5-6-13-14(3-2-4-16(13)21-12)17-20-11-15(19)18(22-17)23-7-9-24-10-8-23/h2-6,11H,7-10H2,1H3. The number of rotatable bonds is 2. The number of anilines is 1. The first kappa shape index (κ1) is 15.0. The third kappa shape index (κ3) is 2.69. The summed E-state index contributed by atoms with van der Waals surface area (Å²) >= 11 is 0. The third-order valence-corrected chi connectivity index (χ3v) is 4.15. The number of benzene rings is 1. The van der Waals surface area contributed by atoms with E-state index in [1.54, 1.807) is 0 Å². The van der Waals surface area contributed by atoms with Gasteiger partial charge in [-0.3, -0.25) is 4.98 Å². The summed E-state index contributed by atoms with van der Waals surface area (Å²) in [5, 5.41) is 0.961. The van der Waals surface area contributed by atoms with E-state index in [-0.39, 0.29) is 0 Å².